The highest BCUT2D eigenvalue weighted by atomic mass is 19.1. The van der Waals surface area contributed by atoms with Gasteiger partial charge in [0.1, 0.15) is 11.4 Å². The van der Waals surface area contributed by atoms with Crippen molar-refractivity contribution in [2.24, 2.45) is 0 Å². The number of amides is 1. The first-order valence-electron chi connectivity index (χ1n) is 9.17. The lowest BCUT2D eigenvalue weighted by atomic mass is 9.96. The van der Waals surface area contributed by atoms with Crippen LogP contribution in [0.15, 0.2) is 30.5 Å². The van der Waals surface area contributed by atoms with Gasteiger partial charge in [0, 0.05) is 19.5 Å². The highest BCUT2D eigenvalue weighted by molar-refractivity contribution is 5.88. The molecule has 144 valence electrons. The summed E-state index contributed by atoms with van der Waals surface area (Å²) in [7, 11) is 0. The molecule has 1 N–H and O–H groups in total. The van der Waals surface area contributed by atoms with Gasteiger partial charge in [-0.15, -0.1) is 0 Å². The van der Waals surface area contributed by atoms with Crippen LogP contribution in [0.5, 0.6) is 0 Å². The van der Waals surface area contributed by atoms with E-state index in [1.165, 1.54) is 18.3 Å². The summed E-state index contributed by atoms with van der Waals surface area (Å²) in [5.41, 5.74) is 1.83. The van der Waals surface area contributed by atoms with E-state index in [0.29, 0.717) is 25.2 Å². The Morgan fingerprint density at radius 1 is 1.26 bits per heavy atom. The third kappa shape index (κ3) is 4.18. The fraction of sp³-hybridized carbons (Fsp3) is 0.450. The third-order valence-electron chi connectivity index (χ3n) is 5.36. The molecule has 1 aliphatic rings. The fourth-order valence-electron chi connectivity index (χ4n) is 3.66. The second kappa shape index (κ2) is 7.90. The number of halogens is 1. The molecule has 0 radical (unpaired) electrons. The van der Waals surface area contributed by atoms with E-state index in [1.807, 2.05) is 11.8 Å². The number of carboxylic acids is 1. The maximum atomic E-state index is 13.0. The van der Waals surface area contributed by atoms with E-state index in [0.717, 1.165) is 18.4 Å². The first-order valence-corrected chi connectivity index (χ1v) is 9.17. The minimum atomic E-state index is -0.971. The standard InChI is InChI=1S/C20H24FN3O3/c1-13(15-3-5-16(21)6-4-15)11-19(25)23-9-7-17(8-10-23)24-14(2)18(12-22-24)20(26)27/h3-6,12-13,17H,7-11H2,1-2H3,(H,26,27). The number of aromatic nitrogens is 2. The van der Waals surface area contributed by atoms with Crippen molar-refractivity contribution in [3.05, 3.63) is 53.1 Å². The number of piperidine rings is 1. The van der Waals surface area contributed by atoms with Gasteiger partial charge >= 0.3 is 5.97 Å². The quantitative estimate of drug-likeness (QED) is 0.872. The summed E-state index contributed by atoms with van der Waals surface area (Å²) in [6.45, 7) is 4.99. The molecule has 1 atom stereocenters. The van der Waals surface area contributed by atoms with Crippen LogP contribution in [0.3, 0.4) is 0 Å². The lowest BCUT2D eigenvalue weighted by Crippen LogP contribution is -2.39. The number of likely N-dealkylation sites (tertiary alicyclic amines) is 1. The van der Waals surface area contributed by atoms with Crippen molar-refractivity contribution in [2.45, 2.75) is 45.1 Å². The average Bonchev–Trinajstić information content (AvgIpc) is 3.04. The maximum absolute atomic E-state index is 13.0. The molecule has 1 unspecified atom stereocenters. The fourth-order valence-corrected chi connectivity index (χ4v) is 3.66. The van der Waals surface area contributed by atoms with Crippen LogP contribution < -0.4 is 0 Å². The number of carbonyl (C=O) groups is 2. The molecule has 0 aliphatic carbocycles. The number of carbonyl (C=O) groups excluding carboxylic acids is 1. The summed E-state index contributed by atoms with van der Waals surface area (Å²) >= 11 is 0. The zero-order valence-electron chi connectivity index (χ0n) is 15.6. The number of aromatic carboxylic acids is 1. The topological polar surface area (TPSA) is 75.4 Å². The number of carboxylic acid groups (broad SMARTS) is 1. The van der Waals surface area contributed by atoms with Gasteiger partial charge < -0.3 is 10.0 Å². The third-order valence-corrected chi connectivity index (χ3v) is 5.36. The summed E-state index contributed by atoms with van der Waals surface area (Å²) in [6.07, 6.45) is 3.27. The summed E-state index contributed by atoms with van der Waals surface area (Å²) in [5, 5.41) is 13.4. The Kier molecular flexibility index (Phi) is 5.58. The molecule has 2 heterocycles. The second-order valence-electron chi connectivity index (χ2n) is 7.16. The molecule has 1 saturated heterocycles. The molecule has 1 aromatic carbocycles. The number of nitrogens with zero attached hydrogens (tertiary/aromatic N) is 3. The van der Waals surface area contributed by atoms with E-state index >= 15 is 0 Å². The SMILES string of the molecule is Cc1c(C(=O)O)cnn1C1CCN(C(=O)CC(C)c2ccc(F)cc2)CC1. The molecule has 0 spiro atoms. The van der Waals surface area contributed by atoms with E-state index in [2.05, 4.69) is 5.10 Å². The van der Waals surface area contributed by atoms with Crippen molar-refractivity contribution in [1.29, 1.82) is 0 Å². The lowest BCUT2D eigenvalue weighted by molar-refractivity contribution is -0.132. The summed E-state index contributed by atoms with van der Waals surface area (Å²) < 4.78 is 14.8. The molecule has 3 rings (SSSR count). The minimum absolute atomic E-state index is 0.0299. The minimum Gasteiger partial charge on any atom is -0.478 e. The number of rotatable bonds is 5. The van der Waals surface area contributed by atoms with Crippen molar-refractivity contribution in [3.63, 3.8) is 0 Å². The van der Waals surface area contributed by atoms with E-state index < -0.39 is 5.97 Å². The van der Waals surface area contributed by atoms with E-state index in [-0.39, 0.29) is 29.2 Å². The lowest BCUT2D eigenvalue weighted by Gasteiger charge is -2.33. The average molecular weight is 373 g/mol. The van der Waals surface area contributed by atoms with Crippen molar-refractivity contribution < 1.29 is 19.1 Å². The second-order valence-corrected chi connectivity index (χ2v) is 7.16. The first kappa shape index (κ1) is 19.1. The van der Waals surface area contributed by atoms with E-state index in [9.17, 15) is 14.0 Å². The van der Waals surface area contributed by atoms with Crippen molar-refractivity contribution >= 4 is 11.9 Å². The molecule has 7 heteroatoms. The summed E-state index contributed by atoms with van der Waals surface area (Å²) in [4.78, 5) is 25.6. The Morgan fingerprint density at radius 3 is 2.44 bits per heavy atom. The van der Waals surface area contributed by atoms with Crippen molar-refractivity contribution in [1.82, 2.24) is 14.7 Å². The predicted octanol–water partition coefficient (Wildman–Crippen LogP) is 3.39. The Labute approximate surface area is 157 Å². The highest BCUT2D eigenvalue weighted by Crippen LogP contribution is 2.27. The number of hydrogen-bond acceptors (Lipinski definition) is 3. The molecule has 2 aromatic rings. The van der Waals surface area contributed by atoms with Crippen molar-refractivity contribution in [3.8, 4) is 0 Å². The number of benzene rings is 1. The van der Waals surface area contributed by atoms with Gasteiger partial charge in [-0.2, -0.15) is 5.10 Å². The van der Waals surface area contributed by atoms with Crippen LogP contribution in [-0.2, 0) is 4.79 Å². The van der Waals surface area contributed by atoms with Gasteiger partial charge in [-0.05, 0) is 43.4 Å². The van der Waals surface area contributed by atoms with Gasteiger partial charge in [-0.3, -0.25) is 9.48 Å². The van der Waals surface area contributed by atoms with Gasteiger partial charge in [0.25, 0.3) is 0 Å². The van der Waals surface area contributed by atoms with Crippen LogP contribution in [0, 0.1) is 12.7 Å². The summed E-state index contributed by atoms with van der Waals surface area (Å²) in [6, 6.07) is 6.39. The Morgan fingerprint density at radius 2 is 1.89 bits per heavy atom. The number of hydrogen-bond donors (Lipinski definition) is 1. The van der Waals surface area contributed by atoms with Crippen molar-refractivity contribution in [2.75, 3.05) is 13.1 Å². The van der Waals surface area contributed by atoms with E-state index in [1.54, 1.807) is 23.7 Å². The van der Waals surface area contributed by atoms with E-state index in [4.69, 9.17) is 5.11 Å². The van der Waals surface area contributed by atoms with Gasteiger partial charge in [0.05, 0.1) is 17.9 Å². The Bertz CT molecular complexity index is 823. The zero-order chi connectivity index (χ0) is 19.6. The molecule has 27 heavy (non-hydrogen) atoms. The highest BCUT2D eigenvalue weighted by Gasteiger charge is 2.27. The molecular formula is C20H24FN3O3. The molecular weight excluding hydrogens is 349 g/mol. The van der Waals surface area contributed by atoms with Gasteiger partial charge in [-0.1, -0.05) is 19.1 Å². The first-order chi connectivity index (χ1) is 12.9. The zero-order valence-corrected chi connectivity index (χ0v) is 15.6. The van der Waals surface area contributed by atoms with Crippen LogP contribution in [0.2, 0.25) is 0 Å². The molecule has 1 aliphatic heterocycles. The normalized spacial score (nSPS) is 16.3. The molecule has 6 nitrogen and oxygen atoms in total. The van der Waals surface area contributed by atoms with Crippen LogP contribution in [0.25, 0.3) is 0 Å². The van der Waals surface area contributed by atoms with Crippen LogP contribution >= 0.6 is 0 Å². The van der Waals surface area contributed by atoms with Crippen LogP contribution in [0.1, 0.15) is 59.8 Å². The Hall–Kier alpha value is -2.70. The predicted molar refractivity (Wildman–Crippen MR) is 98.2 cm³/mol. The van der Waals surface area contributed by atoms with Crippen LogP contribution in [0.4, 0.5) is 4.39 Å². The largest absolute Gasteiger partial charge is 0.478 e. The molecule has 0 bridgehead atoms. The van der Waals surface area contributed by atoms with Gasteiger partial charge in [0.15, 0.2) is 0 Å². The summed E-state index contributed by atoms with van der Waals surface area (Å²) in [5.74, 6) is -1.13. The Balaban J connectivity index is 1.56. The maximum Gasteiger partial charge on any atom is 0.339 e. The molecule has 1 aromatic heterocycles. The van der Waals surface area contributed by atoms with Gasteiger partial charge in [-0.25, -0.2) is 9.18 Å². The smallest absolute Gasteiger partial charge is 0.339 e. The molecule has 0 saturated carbocycles. The van der Waals surface area contributed by atoms with Gasteiger partial charge in [0.2, 0.25) is 5.91 Å². The monoisotopic (exact) mass is 373 g/mol. The van der Waals surface area contributed by atoms with Crippen LogP contribution in [-0.4, -0.2) is 44.8 Å². The molecule has 1 fully saturated rings. The molecule has 1 amide bonds.